The summed E-state index contributed by atoms with van der Waals surface area (Å²) >= 11 is 0. The molecule has 0 aromatic heterocycles. The topological polar surface area (TPSA) is 73.8 Å². The normalized spacial score (nSPS) is 24.7. The van der Waals surface area contributed by atoms with Gasteiger partial charge < -0.3 is 37.9 Å². The Labute approximate surface area is 306 Å². The summed E-state index contributed by atoms with van der Waals surface area (Å²) in [6, 6.07) is 50.3. The molecular weight excluding hydrogens is 656 g/mol. The highest BCUT2D eigenvalue weighted by atomic mass is 16.8. The van der Waals surface area contributed by atoms with Crippen molar-refractivity contribution >= 4 is 0 Å². The SMILES string of the molecule is c1ccc(COCC2O[C@H](OC3COC(c4ccccc4)OC3)C(OCc3ccccc3)[C@@H](OCc3ccccc3)[C@H]2OCc2ccccc2)cc1. The van der Waals surface area contributed by atoms with Crippen molar-refractivity contribution in [1.82, 2.24) is 0 Å². The van der Waals surface area contributed by atoms with E-state index in [-0.39, 0.29) is 6.61 Å². The molecule has 5 aromatic carbocycles. The van der Waals surface area contributed by atoms with Gasteiger partial charge in [-0.3, -0.25) is 0 Å². The highest BCUT2D eigenvalue weighted by Crippen LogP contribution is 2.33. The summed E-state index contributed by atoms with van der Waals surface area (Å²) in [5.74, 6) is 0. The molecule has 2 fully saturated rings. The van der Waals surface area contributed by atoms with Crippen LogP contribution in [0.1, 0.15) is 34.1 Å². The third-order valence-corrected chi connectivity index (χ3v) is 9.11. The molecule has 0 spiro atoms. The maximum atomic E-state index is 6.83. The first-order chi connectivity index (χ1) is 25.8. The molecule has 270 valence electrons. The van der Waals surface area contributed by atoms with E-state index in [0.717, 1.165) is 27.8 Å². The van der Waals surface area contributed by atoms with Crippen LogP contribution in [0.4, 0.5) is 0 Å². The molecule has 0 aliphatic carbocycles. The van der Waals surface area contributed by atoms with Gasteiger partial charge in [-0.2, -0.15) is 0 Å². The summed E-state index contributed by atoms with van der Waals surface area (Å²) in [5.41, 5.74) is 5.12. The lowest BCUT2D eigenvalue weighted by Crippen LogP contribution is -2.62. The number of hydrogen-bond donors (Lipinski definition) is 0. The van der Waals surface area contributed by atoms with Crippen LogP contribution in [0.15, 0.2) is 152 Å². The minimum Gasteiger partial charge on any atom is -0.374 e. The molecule has 52 heavy (non-hydrogen) atoms. The Morgan fingerprint density at radius 3 is 1.38 bits per heavy atom. The first-order valence-corrected chi connectivity index (χ1v) is 18.0. The molecule has 2 unspecified atom stereocenters. The van der Waals surface area contributed by atoms with Crippen molar-refractivity contribution in [3.8, 4) is 0 Å². The molecule has 8 nitrogen and oxygen atoms in total. The number of ether oxygens (including phenoxy) is 8. The second kappa shape index (κ2) is 19.0. The van der Waals surface area contributed by atoms with E-state index < -0.39 is 43.1 Å². The van der Waals surface area contributed by atoms with Gasteiger partial charge in [-0.05, 0) is 22.3 Å². The Morgan fingerprint density at radius 1 is 0.462 bits per heavy atom. The number of hydrogen-bond acceptors (Lipinski definition) is 8. The molecule has 0 N–H and O–H groups in total. The van der Waals surface area contributed by atoms with Gasteiger partial charge in [0.05, 0.1) is 46.2 Å². The van der Waals surface area contributed by atoms with Crippen LogP contribution in [0.3, 0.4) is 0 Å². The molecule has 8 heteroatoms. The van der Waals surface area contributed by atoms with E-state index in [4.69, 9.17) is 37.9 Å². The molecule has 7 rings (SSSR count). The minimum absolute atomic E-state index is 0.249. The van der Waals surface area contributed by atoms with Crippen molar-refractivity contribution in [3.05, 3.63) is 179 Å². The zero-order valence-corrected chi connectivity index (χ0v) is 29.2. The molecule has 2 aliphatic rings. The summed E-state index contributed by atoms with van der Waals surface area (Å²) in [4.78, 5) is 0. The monoisotopic (exact) mass is 702 g/mol. The number of benzene rings is 5. The fourth-order valence-electron chi connectivity index (χ4n) is 6.41. The van der Waals surface area contributed by atoms with Crippen molar-refractivity contribution in [2.24, 2.45) is 0 Å². The van der Waals surface area contributed by atoms with E-state index in [1.165, 1.54) is 0 Å². The quantitative estimate of drug-likeness (QED) is 0.103. The minimum atomic E-state index is -0.836. The molecule has 5 atom stereocenters. The van der Waals surface area contributed by atoms with Crippen molar-refractivity contribution in [3.63, 3.8) is 0 Å². The molecule has 0 radical (unpaired) electrons. The second-order valence-corrected chi connectivity index (χ2v) is 13.0. The largest absolute Gasteiger partial charge is 0.374 e. The third kappa shape index (κ3) is 10.2. The molecule has 2 aliphatic heterocycles. The van der Waals surface area contributed by atoms with Crippen LogP contribution in [0.25, 0.3) is 0 Å². The zero-order valence-electron chi connectivity index (χ0n) is 29.2. The molecule has 2 heterocycles. The Hall–Kier alpha value is -4.22. The van der Waals surface area contributed by atoms with Gasteiger partial charge in [-0.15, -0.1) is 0 Å². The third-order valence-electron chi connectivity index (χ3n) is 9.11. The Morgan fingerprint density at radius 2 is 0.885 bits per heavy atom. The van der Waals surface area contributed by atoms with Gasteiger partial charge >= 0.3 is 0 Å². The van der Waals surface area contributed by atoms with Gasteiger partial charge in [0.15, 0.2) is 12.6 Å². The van der Waals surface area contributed by atoms with Crippen molar-refractivity contribution < 1.29 is 37.9 Å². The predicted octanol–water partition coefficient (Wildman–Crippen LogP) is 7.82. The molecule has 2 saturated heterocycles. The zero-order chi connectivity index (χ0) is 35.2. The maximum absolute atomic E-state index is 6.83. The van der Waals surface area contributed by atoms with Crippen LogP contribution >= 0.6 is 0 Å². The van der Waals surface area contributed by atoms with Crippen molar-refractivity contribution in [1.29, 1.82) is 0 Å². The lowest BCUT2D eigenvalue weighted by Gasteiger charge is -2.47. The van der Waals surface area contributed by atoms with Gasteiger partial charge in [-0.1, -0.05) is 152 Å². The first kappa shape index (κ1) is 36.2. The van der Waals surface area contributed by atoms with Crippen LogP contribution in [-0.2, 0) is 64.3 Å². The molecule has 0 bridgehead atoms. The van der Waals surface area contributed by atoms with E-state index in [0.29, 0.717) is 39.6 Å². The first-order valence-electron chi connectivity index (χ1n) is 18.0. The van der Waals surface area contributed by atoms with Gasteiger partial charge in [0.2, 0.25) is 0 Å². The number of rotatable bonds is 16. The molecule has 0 amide bonds. The summed E-state index contributed by atoms with van der Waals surface area (Å²) in [6.45, 7) is 2.35. The average molecular weight is 703 g/mol. The van der Waals surface area contributed by atoms with E-state index in [9.17, 15) is 0 Å². The van der Waals surface area contributed by atoms with Crippen LogP contribution in [0.5, 0.6) is 0 Å². The Bertz CT molecular complexity index is 1700. The van der Waals surface area contributed by atoms with E-state index in [1.54, 1.807) is 0 Å². The van der Waals surface area contributed by atoms with Crippen molar-refractivity contribution in [2.75, 3.05) is 19.8 Å². The molecule has 5 aromatic rings. The smallest absolute Gasteiger partial charge is 0.187 e. The van der Waals surface area contributed by atoms with Crippen LogP contribution in [0, 0.1) is 0 Å². The van der Waals surface area contributed by atoms with E-state index in [2.05, 4.69) is 0 Å². The fourth-order valence-corrected chi connectivity index (χ4v) is 6.41. The van der Waals surface area contributed by atoms with Gasteiger partial charge in [0.1, 0.15) is 30.5 Å². The van der Waals surface area contributed by atoms with Crippen LogP contribution in [-0.4, -0.2) is 56.6 Å². The summed E-state index contributed by atoms with van der Waals surface area (Å²) < 4.78 is 52.5. The molecular formula is C44H46O8. The standard InChI is InChI=1S/C44H46O8/c1-6-16-33(17-7-1)26-45-32-39-40(46-27-34-18-8-2-9-19-34)41(47-28-35-20-10-3-11-21-35)42(48-29-36-22-12-4-13-23-36)44(52-39)51-38-30-49-43(50-31-38)37-24-14-5-15-25-37/h1-25,38-44H,26-32H2/t38?,39?,40-,41-,42?,43?,44-/m0/s1. The summed E-state index contributed by atoms with van der Waals surface area (Å²) in [6.07, 6.45) is -4.05. The van der Waals surface area contributed by atoms with Gasteiger partial charge in [0, 0.05) is 5.56 Å². The van der Waals surface area contributed by atoms with E-state index >= 15 is 0 Å². The van der Waals surface area contributed by atoms with E-state index in [1.807, 2.05) is 152 Å². The predicted molar refractivity (Wildman–Crippen MR) is 196 cm³/mol. The summed E-state index contributed by atoms with van der Waals surface area (Å²) in [7, 11) is 0. The Kier molecular flexibility index (Phi) is 13.2. The highest BCUT2D eigenvalue weighted by Gasteiger charge is 2.50. The van der Waals surface area contributed by atoms with Gasteiger partial charge in [-0.25, -0.2) is 0 Å². The lowest BCUT2D eigenvalue weighted by atomic mass is 9.97. The highest BCUT2D eigenvalue weighted by molar-refractivity contribution is 5.18. The van der Waals surface area contributed by atoms with Crippen molar-refractivity contribution in [2.45, 2.75) is 69.5 Å². The summed E-state index contributed by atoms with van der Waals surface area (Å²) in [5, 5.41) is 0. The average Bonchev–Trinajstić information content (AvgIpc) is 3.21. The van der Waals surface area contributed by atoms with Crippen LogP contribution in [0.2, 0.25) is 0 Å². The van der Waals surface area contributed by atoms with Gasteiger partial charge in [0.25, 0.3) is 0 Å². The Balaban J connectivity index is 1.16. The lowest BCUT2D eigenvalue weighted by molar-refractivity contribution is -0.350. The molecule has 0 saturated carbocycles. The van der Waals surface area contributed by atoms with Crippen LogP contribution < -0.4 is 0 Å². The second-order valence-electron chi connectivity index (χ2n) is 13.0. The fraction of sp³-hybridized carbons (Fsp3) is 0.318. The maximum Gasteiger partial charge on any atom is 0.187 e.